The molecule has 0 bridgehead atoms. The van der Waals surface area contributed by atoms with Crippen molar-refractivity contribution >= 4 is 0 Å². The second-order valence-corrected chi connectivity index (χ2v) is 3.83. The van der Waals surface area contributed by atoms with Gasteiger partial charge in [-0.2, -0.15) is 0 Å². The Morgan fingerprint density at radius 1 is 1.53 bits per heavy atom. The third-order valence-corrected chi connectivity index (χ3v) is 2.52. The van der Waals surface area contributed by atoms with Crippen molar-refractivity contribution in [1.82, 2.24) is 4.98 Å². The maximum atomic E-state index is 6.08. The first kappa shape index (κ1) is 10.2. The Morgan fingerprint density at radius 3 is 3.07 bits per heavy atom. The van der Waals surface area contributed by atoms with Gasteiger partial charge in [-0.3, -0.25) is 4.98 Å². The Hall–Kier alpha value is -1.35. The lowest BCUT2D eigenvalue weighted by molar-refractivity contribution is 0.175. The fraction of sp³-hybridized carbons (Fsp3) is 0.417. The van der Waals surface area contributed by atoms with Crippen LogP contribution in [0.4, 0.5) is 0 Å². The third kappa shape index (κ3) is 2.36. The molecule has 0 fully saturated rings. The lowest BCUT2D eigenvalue weighted by Gasteiger charge is -2.20. The van der Waals surface area contributed by atoms with Crippen molar-refractivity contribution in [3.8, 4) is 0 Å². The van der Waals surface area contributed by atoms with Crippen LogP contribution in [-0.4, -0.2) is 11.6 Å². The van der Waals surface area contributed by atoms with Crippen LogP contribution < -0.4 is 5.73 Å². The zero-order valence-electron chi connectivity index (χ0n) is 8.94. The molecule has 0 amide bonds. The van der Waals surface area contributed by atoms with E-state index in [1.165, 1.54) is 5.56 Å². The molecule has 2 rings (SSSR count). The predicted octanol–water partition coefficient (Wildman–Crippen LogP) is 2.08. The first-order chi connectivity index (χ1) is 7.27. The molecule has 2 heterocycles. The van der Waals surface area contributed by atoms with Crippen molar-refractivity contribution in [2.75, 3.05) is 6.61 Å². The van der Waals surface area contributed by atoms with Crippen molar-refractivity contribution in [2.45, 2.75) is 25.8 Å². The SMILES string of the molecule is Cc1ccnc(C(N)C2=CCCCO2)c1. The number of aromatic nitrogens is 1. The number of ether oxygens (including phenoxy) is 1. The van der Waals surface area contributed by atoms with Gasteiger partial charge >= 0.3 is 0 Å². The summed E-state index contributed by atoms with van der Waals surface area (Å²) < 4.78 is 5.53. The number of nitrogens with two attached hydrogens (primary N) is 1. The zero-order valence-corrected chi connectivity index (χ0v) is 8.94. The molecule has 1 unspecified atom stereocenters. The Labute approximate surface area is 90.0 Å². The topological polar surface area (TPSA) is 48.1 Å². The fourth-order valence-electron chi connectivity index (χ4n) is 1.67. The average Bonchev–Trinajstić information content (AvgIpc) is 2.29. The molecular formula is C12H16N2O. The summed E-state index contributed by atoms with van der Waals surface area (Å²) in [6, 6.07) is 3.75. The van der Waals surface area contributed by atoms with Crippen molar-refractivity contribution < 1.29 is 4.74 Å². The van der Waals surface area contributed by atoms with E-state index in [4.69, 9.17) is 10.5 Å². The molecule has 0 aliphatic carbocycles. The van der Waals surface area contributed by atoms with Crippen molar-refractivity contribution in [3.05, 3.63) is 41.4 Å². The van der Waals surface area contributed by atoms with Crippen molar-refractivity contribution in [2.24, 2.45) is 5.73 Å². The minimum atomic E-state index is -0.217. The monoisotopic (exact) mass is 204 g/mol. The van der Waals surface area contributed by atoms with E-state index in [2.05, 4.69) is 11.1 Å². The molecule has 1 aromatic rings. The van der Waals surface area contributed by atoms with Gasteiger partial charge in [-0.05, 0) is 43.5 Å². The quantitative estimate of drug-likeness (QED) is 0.802. The van der Waals surface area contributed by atoms with Gasteiger partial charge < -0.3 is 10.5 Å². The predicted molar refractivity (Wildman–Crippen MR) is 59.2 cm³/mol. The number of nitrogens with zero attached hydrogens (tertiary/aromatic N) is 1. The maximum Gasteiger partial charge on any atom is 0.115 e. The van der Waals surface area contributed by atoms with Gasteiger partial charge in [0.25, 0.3) is 0 Å². The highest BCUT2D eigenvalue weighted by atomic mass is 16.5. The highest BCUT2D eigenvalue weighted by molar-refractivity contribution is 5.23. The molecule has 1 aromatic heterocycles. The molecule has 1 aliphatic rings. The summed E-state index contributed by atoms with van der Waals surface area (Å²) in [6.07, 6.45) is 5.98. The molecule has 80 valence electrons. The second-order valence-electron chi connectivity index (χ2n) is 3.83. The van der Waals surface area contributed by atoms with Gasteiger partial charge in [0.2, 0.25) is 0 Å². The van der Waals surface area contributed by atoms with Crippen molar-refractivity contribution in [1.29, 1.82) is 0 Å². The van der Waals surface area contributed by atoms with Crippen LogP contribution in [0.2, 0.25) is 0 Å². The first-order valence-electron chi connectivity index (χ1n) is 5.28. The van der Waals surface area contributed by atoms with Crippen LogP contribution in [-0.2, 0) is 4.74 Å². The number of allylic oxidation sites excluding steroid dienone is 1. The molecule has 0 saturated carbocycles. The van der Waals surface area contributed by atoms with Crippen LogP contribution in [0.15, 0.2) is 30.2 Å². The Morgan fingerprint density at radius 2 is 2.40 bits per heavy atom. The van der Waals surface area contributed by atoms with E-state index < -0.39 is 0 Å². The molecule has 0 saturated heterocycles. The summed E-state index contributed by atoms with van der Waals surface area (Å²) in [5.41, 5.74) is 8.13. The molecule has 0 spiro atoms. The van der Waals surface area contributed by atoms with Gasteiger partial charge in [-0.15, -0.1) is 0 Å². The van der Waals surface area contributed by atoms with Gasteiger partial charge in [-0.1, -0.05) is 0 Å². The summed E-state index contributed by atoms with van der Waals surface area (Å²) in [5.74, 6) is 0.861. The zero-order chi connectivity index (χ0) is 10.7. The standard InChI is InChI=1S/C12H16N2O/c1-9-5-6-14-10(8-9)12(13)11-4-2-3-7-15-11/h4-6,8,12H,2-3,7,13H2,1H3. The van der Waals surface area contributed by atoms with Crippen LogP contribution in [0.3, 0.4) is 0 Å². The molecule has 15 heavy (non-hydrogen) atoms. The van der Waals surface area contributed by atoms with E-state index in [1.54, 1.807) is 6.20 Å². The molecule has 1 aliphatic heterocycles. The lowest BCUT2D eigenvalue weighted by atomic mass is 10.1. The average molecular weight is 204 g/mol. The van der Waals surface area contributed by atoms with Crippen LogP contribution in [0, 0.1) is 6.92 Å². The lowest BCUT2D eigenvalue weighted by Crippen LogP contribution is -2.19. The number of hydrogen-bond donors (Lipinski definition) is 1. The molecule has 2 N–H and O–H groups in total. The summed E-state index contributed by atoms with van der Waals surface area (Å²) in [4.78, 5) is 4.27. The van der Waals surface area contributed by atoms with E-state index in [-0.39, 0.29) is 6.04 Å². The number of rotatable bonds is 2. The van der Waals surface area contributed by atoms with E-state index >= 15 is 0 Å². The molecular weight excluding hydrogens is 188 g/mol. The Balaban J connectivity index is 2.19. The van der Waals surface area contributed by atoms with Crippen LogP contribution in [0.5, 0.6) is 0 Å². The van der Waals surface area contributed by atoms with Gasteiger partial charge in [0.15, 0.2) is 0 Å². The van der Waals surface area contributed by atoms with Gasteiger partial charge in [0, 0.05) is 6.20 Å². The number of pyridine rings is 1. The summed E-state index contributed by atoms with van der Waals surface area (Å²) in [5, 5.41) is 0. The normalized spacial score (nSPS) is 17.9. The minimum absolute atomic E-state index is 0.217. The Bertz CT molecular complexity index is 374. The minimum Gasteiger partial charge on any atom is -0.496 e. The second kappa shape index (κ2) is 4.45. The number of hydrogen-bond acceptors (Lipinski definition) is 3. The molecule has 0 radical (unpaired) electrons. The van der Waals surface area contributed by atoms with E-state index in [0.717, 1.165) is 30.9 Å². The fourth-order valence-corrected chi connectivity index (χ4v) is 1.67. The third-order valence-electron chi connectivity index (χ3n) is 2.52. The molecule has 1 atom stereocenters. The van der Waals surface area contributed by atoms with Crippen molar-refractivity contribution in [3.63, 3.8) is 0 Å². The molecule has 0 aromatic carbocycles. The van der Waals surface area contributed by atoms with Crippen LogP contribution in [0.1, 0.15) is 30.1 Å². The molecule has 3 heteroatoms. The van der Waals surface area contributed by atoms with Gasteiger partial charge in [-0.25, -0.2) is 0 Å². The van der Waals surface area contributed by atoms with Crippen LogP contribution in [0.25, 0.3) is 0 Å². The highest BCUT2D eigenvalue weighted by Crippen LogP contribution is 2.22. The number of aryl methyl sites for hydroxylation is 1. The summed E-state index contributed by atoms with van der Waals surface area (Å²) >= 11 is 0. The smallest absolute Gasteiger partial charge is 0.115 e. The van der Waals surface area contributed by atoms with E-state index in [0.29, 0.717) is 0 Å². The van der Waals surface area contributed by atoms with E-state index in [9.17, 15) is 0 Å². The highest BCUT2D eigenvalue weighted by Gasteiger charge is 2.16. The van der Waals surface area contributed by atoms with Gasteiger partial charge in [0.1, 0.15) is 11.8 Å². The van der Waals surface area contributed by atoms with Crippen LogP contribution >= 0.6 is 0 Å². The molecule has 3 nitrogen and oxygen atoms in total. The summed E-state index contributed by atoms with van der Waals surface area (Å²) in [6.45, 7) is 2.80. The van der Waals surface area contributed by atoms with Gasteiger partial charge in [0.05, 0.1) is 12.3 Å². The largest absolute Gasteiger partial charge is 0.496 e. The first-order valence-corrected chi connectivity index (χ1v) is 5.28. The maximum absolute atomic E-state index is 6.08. The van der Waals surface area contributed by atoms with E-state index in [1.807, 2.05) is 19.1 Å². The Kier molecular flexibility index (Phi) is 3.02. The summed E-state index contributed by atoms with van der Waals surface area (Å²) in [7, 11) is 0.